The summed E-state index contributed by atoms with van der Waals surface area (Å²) in [6.07, 6.45) is 0.697. The van der Waals surface area contributed by atoms with E-state index in [2.05, 4.69) is 21.2 Å². The standard InChI is InChI=1S/C13H17BrFNO3/c1-18-7-8-19-6-2-5-16-13(17)11-9-10(15)3-4-12(11)14/h3-4,9H,2,5-8H2,1H3,(H,16,17). The third-order valence-corrected chi connectivity index (χ3v) is 3.05. The molecule has 6 heteroatoms. The number of ether oxygens (including phenoxy) is 2. The van der Waals surface area contributed by atoms with E-state index >= 15 is 0 Å². The Morgan fingerprint density at radius 2 is 2.16 bits per heavy atom. The number of hydrogen-bond acceptors (Lipinski definition) is 3. The smallest absolute Gasteiger partial charge is 0.252 e. The van der Waals surface area contributed by atoms with E-state index in [4.69, 9.17) is 9.47 Å². The second-order valence-electron chi connectivity index (χ2n) is 3.84. The van der Waals surface area contributed by atoms with E-state index in [9.17, 15) is 9.18 Å². The van der Waals surface area contributed by atoms with Crippen molar-refractivity contribution in [3.8, 4) is 0 Å². The van der Waals surface area contributed by atoms with Gasteiger partial charge in [0.15, 0.2) is 0 Å². The Hall–Kier alpha value is -0.980. The van der Waals surface area contributed by atoms with Crippen LogP contribution in [0, 0.1) is 5.82 Å². The monoisotopic (exact) mass is 333 g/mol. The van der Waals surface area contributed by atoms with Gasteiger partial charge in [0.05, 0.1) is 18.8 Å². The highest BCUT2D eigenvalue weighted by Gasteiger charge is 2.10. The van der Waals surface area contributed by atoms with Crippen LogP contribution < -0.4 is 5.32 Å². The van der Waals surface area contributed by atoms with Gasteiger partial charge in [-0.15, -0.1) is 0 Å². The largest absolute Gasteiger partial charge is 0.382 e. The van der Waals surface area contributed by atoms with Gasteiger partial charge in [-0.2, -0.15) is 0 Å². The molecule has 0 aliphatic carbocycles. The third kappa shape index (κ3) is 6.13. The van der Waals surface area contributed by atoms with E-state index in [1.807, 2.05) is 0 Å². The van der Waals surface area contributed by atoms with Crippen LogP contribution in [0.5, 0.6) is 0 Å². The third-order valence-electron chi connectivity index (χ3n) is 2.36. The lowest BCUT2D eigenvalue weighted by molar-refractivity contribution is 0.0688. The van der Waals surface area contributed by atoms with Crippen LogP contribution in [-0.2, 0) is 9.47 Å². The summed E-state index contributed by atoms with van der Waals surface area (Å²) in [5.74, 6) is -0.737. The van der Waals surface area contributed by atoms with E-state index in [-0.39, 0.29) is 5.91 Å². The van der Waals surface area contributed by atoms with E-state index in [0.717, 1.165) is 0 Å². The van der Waals surface area contributed by atoms with E-state index in [1.54, 1.807) is 7.11 Å². The maximum atomic E-state index is 13.0. The quantitative estimate of drug-likeness (QED) is 0.743. The fourth-order valence-corrected chi connectivity index (χ4v) is 1.81. The van der Waals surface area contributed by atoms with E-state index < -0.39 is 5.82 Å². The predicted octanol–water partition coefficient (Wildman–Crippen LogP) is 2.37. The van der Waals surface area contributed by atoms with Crippen LogP contribution in [0.1, 0.15) is 16.8 Å². The molecule has 0 atom stereocenters. The molecule has 0 heterocycles. The fraction of sp³-hybridized carbons (Fsp3) is 0.462. The molecule has 0 aromatic heterocycles. The Morgan fingerprint density at radius 1 is 1.37 bits per heavy atom. The molecule has 0 saturated carbocycles. The first-order valence-corrected chi connectivity index (χ1v) is 6.74. The summed E-state index contributed by atoms with van der Waals surface area (Å²) in [6, 6.07) is 4.01. The number of methoxy groups -OCH3 is 1. The summed E-state index contributed by atoms with van der Waals surface area (Å²) in [4.78, 5) is 11.8. The number of nitrogens with one attached hydrogen (secondary N) is 1. The SMILES string of the molecule is COCCOCCCNC(=O)c1cc(F)ccc1Br. The van der Waals surface area contributed by atoms with Gasteiger partial charge in [0.2, 0.25) is 0 Å². The highest BCUT2D eigenvalue weighted by molar-refractivity contribution is 9.10. The van der Waals surface area contributed by atoms with Crippen LogP contribution in [0.4, 0.5) is 4.39 Å². The average molecular weight is 334 g/mol. The Morgan fingerprint density at radius 3 is 2.89 bits per heavy atom. The van der Waals surface area contributed by atoms with Gasteiger partial charge < -0.3 is 14.8 Å². The maximum Gasteiger partial charge on any atom is 0.252 e. The van der Waals surface area contributed by atoms with Crippen LogP contribution in [0.15, 0.2) is 22.7 Å². The van der Waals surface area contributed by atoms with Crippen LogP contribution >= 0.6 is 15.9 Å². The number of carbonyl (C=O) groups excluding carboxylic acids is 1. The molecule has 0 saturated heterocycles. The molecule has 4 nitrogen and oxygen atoms in total. The van der Waals surface area contributed by atoms with E-state index in [0.29, 0.717) is 42.8 Å². The van der Waals surface area contributed by atoms with Crippen LogP contribution in [0.25, 0.3) is 0 Å². The molecule has 1 aromatic carbocycles. The lowest BCUT2D eigenvalue weighted by atomic mass is 10.2. The normalized spacial score (nSPS) is 10.5. The summed E-state index contributed by atoms with van der Waals surface area (Å²) in [7, 11) is 1.61. The molecule has 1 amide bonds. The fourth-order valence-electron chi connectivity index (χ4n) is 1.39. The Balaban J connectivity index is 2.26. The first kappa shape index (κ1) is 16.1. The number of rotatable bonds is 8. The van der Waals surface area contributed by atoms with Crippen molar-refractivity contribution in [1.82, 2.24) is 5.32 Å². The second-order valence-corrected chi connectivity index (χ2v) is 4.69. The molecular weight excluding hydrogens is 317 g/mol. The summed E-state index contributed by atoms with van der Waals surface area (Å²) in [5, 5.41) is 2.71. The zero-order valence-electron chi connectivity index (χ0n) is 10.7. The van der Waals surface area contributed by atoms with Crippen molar-refractivity contribution < 1.29 is 18.7 Å². The first-order chi connectivity index (χ1) is 9.15. The molecule has 0 fully saturated rings. The zero-order valence-corrected chi connectivity index (χ0v) is 12.3. The average Bonchev–Trinajstić information content (AvgIpc) is 2.40. The minimum Gasteiger partial charge on any atom is -0.382 e. The molecule has 1 N–H and O–H groups in total. The summed E-state index contributed by atoms with van der Waals surface area (Å²) in [5.41, 5.74) is 0.292. The first-order valence-electron chi connectivity index (χ1n) is 5.95. The molecule has 0 unspecified atom stereocenters. The van der Waals surface area contributed by atoms with Gasteiger partial charge in [0, 0.05) is 24.7 Å². The zero-order chi connectivity index (χ0) is 14.1. The van der Waals surface area contributed by atoms with Crippen molar-refractivity contribution in [1.29, 1.82) is 0 Å². The highest BCUT2D eigenvalue weighted by atomic mass is 79.9. The Kier molecular flexibility index (Phi) is 7.62. The predicted molar refractivity (Wildman–Crippen MR) is 73.7 cm³/mol. The minimum absolute atomic E-state index is 0.292. The molecule has 1 aromatic rings. The van der Waals surface area contributed by atoms with Gasteiger partial charge in [-0.25, -0.2) is 4.39 Å². The van der Waals surface area contributed by atoms with Crippen molar-refractivity contribution in [2.24, 2.45) is 0 Å². The minimum atomic E-state index is -0.434. The van der Waals surface area contributed by atoms with Crippen molar-refractivity contribution in [3.63, 3.8) is 0 Å². The molecule has 0 aliphatic rings. The number of amides is 1. The van der Waals surface area contributed by atoms with Gasteiger partial charge in [0.25, 0.3) is 5.91 Å². The Bertz CT molecular complexity index is 415. The molecule has 0 bridgehead atoms. The number of benzene rings is 1. The number of halogens is 2. The van der Waals surface area contributed by atoms with Gasteiger partial charge in [-0.1, -0.05) is 0 Å². The van der Waals surface area contributed by atoms with Crippen molar-refractivity contribution in [2.45, 2.75) is 6.42 Å². The Labute approximate surface area is 120 Å². The van der Waals surface area contributed by atoms with Crippen molar-refractivity contribution in [2.75, 3.05) is 33.5 Å². The molecule has 19 heavy (non-hydrogen) atoms. The molecule has 1 rings (SSSR count). The van der Waals surface area contributed by atoms with Crippen molar-refractivity contribution in [3.05, 3.63) is 34.1 Å². The number of carbonyl (C=O) groups is 1. The van der Waals surface area contributed by atoms with Crippen molar-refractivity contribution >= 4 is 21.8 Å². The highest BCUT2D eigenvalue weighted by Crippen LogP contribution is 2.17. The maximum absolute atomic E-state index is 13.0. The second kappa shape index (κ2) is 9.01. The van der Waals surface area contributed by atoms with E-state index in [1.165, 1.54) is 18.2 Å². The molecule has 0 radical (unpaired) electrons. The van der Waals surface area contributed by atoms with Crippen LogP contribution in [0.3, 0.4) is 0 Å². The molecule has 0 aliphatic heterocycles. The topological polar surface area (TPSA) is 47.6 Å². The lowest BCUT2D eigenvalue weighted by Crippen LogP contribution is -2.25. The van der Waals surface area contributed by atoms with Crippen LogP contribution in [0.2, 0.25) is 0 Å². The van der Waals surface area contributed by atoms with Gasteiger partial charge >= 0.3 is 0 Å². The molecule has 0 spiro atoms. The lowest BCUT2D eigenvalue weighted by Gasteiger charge is -2.07. The van der Waals surface area contributed by atoms with Crippen LogP contribution in [-0.4, -0.2) is 39.4 Å². The summed E-state index contributed by atoms with van der Waals surface area (Å²) >= 11 is 3.22. The number of hydrogen-bond donors (Lipinski definition) is 1. The molecular formula is C13H17BrFNO3. The van der Waals surface area contributed by atoms with Gasteiger partial charge in [-0.05, 0) is 40.5 Å². The molecule has 106 valence electrons. The van der Waals surface area contributed by atoms with Gasteiger partial charge in [-0.3, -0.25) is 4.79 Å². The summed E-state index contributed by atoms with van der Waals surface area (Å²) < 4.78 is 23.7. The van der Waals surface area contributed by atoms with Gasteiger partial charge in [0.1, 0.15) is 5.82 Å². The summed E-state index contributed by atoms with van der Waals surface area (Å²) in [6.45, 7) is 2.13.